The molecule has 0 saturated carbocycles. The molecule has 0 spiro atoms. The van der Waals surface area contributed by atoms with Crippen molar-refractivity contribution >= 4 is 11.8 Å². The summed E-state index contributed by atoms with van der Waals surface area (Å²) in [7, 11) is 0. The highest BCUT2D eigenvalue weighted by molar-refractivity contribution is 5.80. The van der Waals surface area contributed by atoms with E-state index in [1.54, 1.807) is 12.1 Å². The van der Waals surface area contributed by atoms with Crippen LogP contribution >= 0.6 is 0 Å². The smallest absolute Gasteiger partial charge is 0.225 e. The Morgan fingerprint density at radius 1 is 0.963 bits per heavy atom. The Balaban J connectivity index is 1.41. The summed E-state index contributed by atoms with van der Waals surface area (Å²) in [5, 5.41) is 0. The molecular weight excluding hydrogens is 345 g/mol. The molecule has 1 aromatic rings. The van der Waals surface area contributed by atoms with E-state index < -0.39 is 0 Å². The first-order chi connectivity index (χ1) is 13.0. The summed E-state index contributed by atoms with van der Waals surface area (Å²) in [4.78, 5) is 31.2. The second-order valence-electron chi connectivity index (χ2n) is 7.74. The summed E-state index contributed by atoms with van der Waals surface area (Å²) in [6.07, 6.45) is 3.67. The van der Waals surface area contributed by atoms with Gasteiger partial charge in [0.05, 0.1) is 0 Å². The first kappa shape index (κ1) is 19.8. The minimum Gasteiger partial charge on any atom is -0.339 e. The second-order valence-corrected chi connectivity index (χ2v) is 7.74. The average Bonchev–Trinajstić information content (AvgIpc) is 3.21. The number of carbonyl (C=O) groups is 2. The summed E-state index contributed by atoms with van der Waals surface area (Å²) >= 11 is 0. The zero-order valence-corrected chi connectivity index (χ0v) is 16.2. The van der Waals surface area contributed by atoms with Gasteiger partial charge < -0.3 is 14.7 Å². The maximum atomic E-state index is 13.0. The molecule has 2 heterocycles. The molecule has 1 aromatic carbocycles. The predicted molar refractivity (Wildman–Crippen MR) is 103 cm³/mol. The standard InChI is InChI=1S/C21H30FN3O2/c1-17(16-18-4-6-19(22)7-5-18)21(27)25-14-12-24(13-15-25)20(26)8-11-23-9-2-3-10-23/h4-7,17H,2-3,8-16H2,1H3. The molecule has 0 bridgehead atoms. The molecule has 1 atom stereocenters. The van der Waals surface area contributed by atoms with E-state index in [0.29, 0.717) is 39.0 Å². The molecular formula is C21H30FN3O2. The van der Waals surface area contributed by atoms with E-state index in [-0.39, 0.29) is 23.5 Å². The van der Waals surface area contributed by atoms with Crippen LogP contribution in [0.25, 0.3) is 0 Å². The number of amides is 2. The van der Waals surface area contributed by atoms with Gasteiger partial charge in [0, 0.05) is 45.1 Å². The Morgan fingerprint density at radius 3 is 2.19 bits per heavy atom. The van der Waals surface area contributed by atoms with Gasteiger partial charge in [0.15, 0.2) is 0 Å². The number of hydrogen-bond acceptors (Lipinski definition) is 3. The van der Waals surface area contributed by atoms with Crippen LogP contribution in [0.3, 0.4) is 0 Å². The summed E-state index contributed by atoms with van der Waals surface area (Å²) < 4.78 is 13.0. The van der Waals surface area contributed by atoms with Crippen molar-refractivity contribution in [1.29, 1.82) is 0 Å². The molecule has 3 rings (SSSR count). The van der Waals surface area contributed by atoms with Crippen LogP contribution in [-0.2, 0) is 16.0 Å². The van der Waals surface area contributed by atoms with Crippen LogP contribution in [0.1, 0.15) is 31.7 Å². The summed E-state index contributed by atoms with van der Waals surface area (Å²) in [5.41, 5.74) is 0.966. The third kappa shape index (κ3) is 5.51. The van der Waals surface area contributed by atoms with Crippen LogP contribution in [0, 0.1) is 11.7 Å². The van der Waals surface area contributed by atoms with Gasteiger partial charge in [0.25, 0.3) is 0 Å². The van der Waals surface area contributed by atoms with E-state index >= 15 is 0 Å². The van der Waals surface area contributed by atoms with Crippen molar-refractivity contribution < 1.29 is 14.0 Å². The van der Waals surface area contributed by atoms with E-state index in [1.165, 1.54) is 25.0 Å². The van der Waals surface area contributed by atoms with Gasteiger partial charge >= 0.3 is 0 Å². The zero-order chi connectivity index (χ0) is 19.2. The van der Waals surface area contributed by atoms with Crippen molar-refractivity contribution in [2.45, 2.75) is 32.6 Å². The Kier molecular flexibility index (Phi) is 6.83. The van der Waals surface area contributed by atoms with Crippen LogP contribution in [0.4, 0.5) is 4.39 Å². The number of likely N-dealkylation sites (tertiary alicyclic amines) is 1. The molecule has 0 radical (unpaired) electrons. The predicted octanol–water partition coefficient (Wildman–Crippen LogP) is 2.16. The van der Waals surface area contributed by atoms with Crippen LogP contribution in [0.2, 0.25) is 0 Å². The SMILES string of the molecule is CC(Cc1ccc(F)cc1)C(=O)N1CCN(C(=O)CCN2CCCC2)CC1. The average molecular weight is 375 g/mol. The summed E-state index contributed by atoms with van der Waals surface area (Å²) in [5.74, 6) is -0.0898. The van der Waals surface area contributed by atoms with Gasteiger partial charge in [-0.2, -0.15) is 0 Å². The molecule has 5 nitrogen and oxygen atoms in total. The van der Waals surface area contributed by atoms with Crippen molar-refractivity contribution in [3.05, 3.63) is 35.6 Å². The fraction of sp³-hybridized carbons (Fsp3) is 0.619. The molecule has 0 N–H and O–H groups in total. The van der Waals surface area contributed by atoms with E-state index in [9.17, 15) is 14.0 Å². The van der Waals surface area contributed by atoms with Gasteiger partial charge in [0.2, 0.25) is 11.8 Å². The molecule has 0 aromatic heterocycles. The van der Waals surface area contributed by atoms with E-state index in [2.05, 4.69) is 4.90 Å². The minimum atomic E-state index is -0.261. The van der Waals surface area contributed by atoms with Crippen molar-refractivity contribution in [1.82, 2.24) is 14.7 Å². The highest BCUT2D eigenvalue weighted by Gasteiger charge is 2.27. The second kappa shape index (κ2) is 9.31. The van der Waals surface area contributed by atoms with Gasteiger partial charge in [0.1, 0.15) is 5.82 Å². The Hall–Kier alpha value is -1.95. The van der Waals surface area contributed by atoms with Crippen molar-refractivity contribution in [3.8, 4) is 0 Å². The largest absolute Gasteiger partial charge is 0.339 e. The monoisotopic (exact) mass is 375 g/mol. The Morgan fingerprint density at radius 2 is 1.56 bits per heavy atom. The van der Waals surface area contributed by atoms with E-state index in [1.807, 2.05) is 16.7 Å². The maximum Gasteiger partial charge on any atom is 0.225 e. The number of halogens is 1. The molecule has 2 aliphatic heterocycles. The van der Waals surface area contributed by atoms with Gasteiger partial charge in [-0.05, 0) is 50.0 Å². The number of benzene rings is 1. The molecule has 0 aliphatic carbocycles. The fourth-order valence-corrected chi connectivity index (χ4v) is 3.97. The third-order valence-electron chi connectivity index (χ3n) is 5.66. The number of hydrogen-bond donors (Lipinski definition) is 0. The van der Waals surface area contributed by atoms with Crippen LogP contribution in [-0.4, -0.2) is 72.3 Å². The van der Waals surface area contributed by atoms with Gasteiger partial charge in [-0.25, -0.2) is 4.39 Å². The number of carbonyl (C=O) groups excluding carboxylic acids is 2. The van der Waals surface area contributed by atoms with Crippen LogP contribution in [0.15, 0.2) is 24.3 Å². The van der Waals surface area contributed by atoms with Gasteiger partial charge in [-0.3, -0.25) is 9.59 Å². The maximum absolute atomic E-state index is 13.0. The third-order valence-corrected chi connectivity index (χ3v) is 5.66. The molecule has 2 fully saturated rings. The highest BCUT2D eigenvalue weighted by Crippen LogP contribution is 2.15. The van der Waals surface area contributed by atoms with Crippen LogP contribution < -0.4 is 0 Å². The van der Waals surface area contributed by atoms with Gasteiger partial charge in [-0.15, -0.1) is 0 Å². The summed E-state index contributed by atoms with van der Waals surface area (Å²) in [6, 6.07) is 6.32. The quantitative estimate of drug-likeness (QED) is 0.765. The number of rotatable bonds is 6. The lowest BCUT2D eigenvalue weighted by Gasteiger charge is -2.36. The highest BCUT2D eigenvalue weighted by atomic mass is 19.1. The summed E-state index contributed by atoms with van der Waals surface area (Å²) in [6.45, 7) is 7.43. The minimum absolute atomic E-state index is 0.114. The normalized spacial score (nSPS) is 19.3. The molecule has 6 heteroatoms. The number of nitrogens with zero attached hydrogens (tertiary/aromatic N) is 3. The fourth-order valence-electron chi connectivity index (χ4n) is 3.97. The van der Waals surface area contributed by atoms with E-state index in [4.69, 9.17) is 0 Å². The first-order valence-electron chi connectivity index (χ1n) is 10.1. The van der Waals surface area contributed by atoms with Crippen molar-refractivity contribution in [3.63, 3.8) is 0 Å². The molecule has 2 saturated heterocycles. The molecule has 27 heavy (non-hydrogen) atoms. The lowest BCUT2D eigenvalue weighted by atomic mass is 9.99. The first-order valence-corrected chi connectivity index (χ1v) is 10.1. The number of piperazine rings is 1. The molecule has 1 unspecified atom stereocenters. The van der Waals surface area contributed by atoms with Crippen LogP contribution in [0.5, 0.6) is 0 Å². The topological polar surface area (TPSA) is 43.9 Å². The molecule has 2 amide bonds. The Bertz CT molecular complexity index is 635. The van der Waals surface area contributed by atoms with Crippen molar-refractivity contribution in [2.24, 2.45) is 5.92 Å². The Labute approximate surface area is 161 Å². The molecule has 2 aliphatic rings. The van der Waals surface area contributed by atoms with Gasteiger partial charge in [-0.1, -0.05) is 19.1 Å². The zero-order valence-electron chi connectivity index (χ0n) is 16.2. The molecule has 148 valence electrons. The van der Waals surface area contributed by atoms with Crippen molar-refractivity contribution in [2.75, 3.05) is 45.8 Å². The lowest BCUT2D eigenvalue weighted by molar-refractivity contribution is -0.141. The van der Waals surface area contributed by atoms with E-state index in [0.717, 1.165) is 25.2 Å². The lowest BCUT2D eigenvalue weighted by Crippen LogP contribution is -2.52.